The summed E-state index contributed by atoms with van der Waals surface area (Å²) in [5.74, 6) is 0.946. The van der Waals surface area contributed by atoms with Crippen molar-refractivity contribution in [1.82, 2.24) is 9.55 Å². The molecule has 2 unspecified atom stereocenters. The number of hydrogen-bond donors (Lipinski definition) is 0. The minimum atomic E-state index is -0.0896. The first-order valence-corrected chi connectivity index (χ1v) is 7.32. The Morgan fingerprint density at radius 2 is 2.37 bits per heavy atom. The Kier molecular flexibility index (Phi) is 3.50. The third kappa shape index (κ3) is 2.37. The standard InChI is InChI=1S/C15H19ClN2O/c1-10-5-3-7-13-14(10)18(15(17-13)11(2)16)9-12-6-4-8-19-12/h3,5,7,11-12H,4,6,8-9H2,1-2H3. The van der Waals surface area contributed by atoms with Gasteiger partial charge in [-0.3, -0.25) is 0 Å². The summed E-state index contributed by atoms with van der Waals surface area (Å²) in [6.07, 6.45) is 2.58. The maximum Gasteiger partial charge on any atom is 0.127 e. The third-order valence-electron chi connectivity index (χ3n) is 3.76. The van der Waals surface area contributed by atoms with Gasteiger partial charge in [-0.25, -0.2) is 4.98 Å². The van der Waals surface area contributed by atoms with Gasteiger partial charge in [-0.05, 0) is 38.3 Å². The van der Waals surface area contributed by atoms with Crippen LogP contribution in [0.25, 0.3) is 11.0 Å². The van der Waals surface area contributed by atoms with Gasteiger partial charge in [0.2, 0.25) is 0 Å². The first kappa shape index (κ1) is 12.9. The van der Waals surface area contributed by atoms with Crippen LogP contribution >= 0.6 is 11.6 Å². The van der Waals surface area contributed by atoms with Gasteiger partial charge in [-0.15, -0.1) is 11.6 Å². The fraction of sp³-hybridized carbons (Fsp3) is 0.533. The van der Waals surface area contributed by atoms with Crippen molar-refractivity contribution in [2.24, 2.45) is 0 Å². The van der Waals surface area contributed by atoms with Crippen LogP contribution in [0, 0.1) is 6.92 Å². The molecule has 0 N–H and O–H groups in total. The lowest BCUT2D eigenvalue weighted by Gasteiger charge is -2.15. The molecule has 1 aliphatic heterocycles. The Morgan fingerprint density at radius 3 is 3.05 bits per heavy atom. The molecule has 102 valence electrons. The van der Waals surface area contributed by atoms with Crippen LogP contribution in [0.15, 0.2) is 18.2 Å². The number of fused-ring (bicyclic) bond motifs is 1. The van der Waals surface area contributed by atoms with E-state index in [4.69, 9.17) is 21.3 Å². The minimum Gasteiger partial charge on any atom is -0.376 e. The maximum atomic E-state index is 6.29. The molecule has 1 fully saturated rings. The molecule has 0 aliphatic carbocycles. The molecule has 2 atom stereocenters. The summed E-state index contributed by atoms with van der Waals surface area (Å²) in [6, 6.07) is 6.22. The van der Waals surface area contributed by atoms with E-state index >= 15 is 0 Å². The SMILES string of the molecule is Cc1cccc2nc(C(C)Cl)n(CC3CCCO3)c12. The zero-order valence-corrected chi connectivity index (χ0v) is 12.2. The van der Waals surface area contributed by atoms with Gasteiger partial charge in [0.15, 0.2) is 0 Å². The van der Waals surface area contributed by atoms with E-state index in [2.05, 4.69) is 23.6 Å². The molecule has 0 spiro atoms. The highest BCUT2D eigenvalue weighted by Gasteiger charge is 2.22. The molecule has 4 heteroatoms. The maximum absolute atomic E-state index is 6.29. The van der Waals surface area contributed by atoms with Gasteiger partial charge in [-0.1, -0.05) is 12.1 Å². The second kappa shape index (κ2) is 5.14. The molecular weight excluding hydrogens is 260 g/mol. The lowest BCUT2D eigenvalue weighted by Crippen LogP contribution is -2.17. The Morgan fingerprint density at radius 1 is 1.53 bits per heavy atom. The minimum absolute atomic E-state index is 0.0896. The van der Waals surface area contributed by atoms with Crippen LogP contribution in [0.5, 0.6) is 0 Å². The zero-order chi connectivity index (χ0) is 13.4. The van der Waals surface area contributed by atoms with Crippen molar-refractivity contribution >= 4 is 22.6 Å². The molecule has 1 aromatic carbocycles. The van der Waals surface area contributed by atoms with Crippen LogP contribution in [0.3, 0.4) is 0 Å². The van der Waals surface area contributed by atoms with Gasteiger partial charge >= 0.3 is 0 Å². The number of imidazole rings is 1. The average molecular weight is 279 g/mol. The summed E-state index contributed by atoms with van der Waals surface area (Å²) < 4.78 is 8.01. The highest BCUT2D eigenvalue weighted by molar-refractivity contribution is 6.20. The number of hydrogen-bond acceptors (Lipinski definition) is 2. The van der Waals surface area contributed by atoms with Crippen molar-refractivity contribution in [1.29, 1.82) is 0 Å². The topological polar surface area (TPSA) is 27.1 Å². The highest BCUT2D eigenvalue weighted by atomic mass is 35.5. The van der Waals surface area contributed by atoms with Gasteiger partial charge in [0, 0.05) is 6.61 Å². The average Bonchev–Trinajstić information content (AvgIpc) is 2.98. The first-order chi connectivity index (χ1) is 9.16. The van der Waals surface area contributed by atoms with Crippen molar-refractivity contribution in [2.45, 2.75) is 44.7 Å². The Bertz CT molecular complexity index is 585. The number of halogens is 1. The van der Waals surface area contributed by atoms with Gasteiger partial charge in [0.1, 0.15) is 5.82 Å². The normalized spacial score (nSPS) is 21.1. The lowest BCUT2D eigenvalue weighted by molar-refractivity contribution is 0.0972. The fourth-order valence-electron chi connectivity index (χ4n) is 2.86. The molecule has 3 rings (SSSR count). The fourth-order valence-corrected chi connectivity index (χ4v) is 3.03. The lowest BCUT2D eigenvalue weighted by atomic mass is 10.2. The number of benzene rings is 1. The van der Waals surface area contributed by atoms with E-state index in [1.165, 1.54) is 11.1 Å². The molecule has 0 saturated carbocycles. The molecule has 19 heavy (non-hydrogen) atoms. The third-order valence-corrected chi connectivity index (χ3v) is 3.96. The molecule has 0 bridgehead atoms. The summed E-state index contributed by atoms with van der Waals surface area (Å²) in [5.41, 5.74) is 3.47. The van der Waals surface area contributed by atoms with Crippen LogP contribution < -0.4 is 0 Å². The van der Waals surface area contributed by atoms with E-state index < -0.39 is 0 Å². The molecular formula is C15H19ClN2O. The summed E-state index contributed by atoms with van der Waals surface area (Å²) in [4.78, 5) is 4.69. The Labute approximate surface area is 118 Å². The highest BCUT2D eigenvalue weighted by Crippen LogP contribution is 2.28. The van der Waals surface area contributed by atoms with E-state index in [9.17, 15) is 0 Å². The number of aryl methyl sites for hydroxylation is 1. The molecule has 1 saturated heterocycles. The zero-order valence-electron chi connectivity index (χ0n) is 11.4. The smallest absolute Gasteiger partial charge is 0.127 e. The first-order valence-electron chi connectivity index (χ1n) is 6.88. The van der Waals surface area contributed by atoms with Gasteiger partial charge in [-0.2, -0.15) is 0 Å². The van der Waals surface area contributed by atoms with Crippen LogP contribution in [-0.4, -0.2) is 22.3 Å². The Balaban J connectivity index is 2.09. The monoisotopic (exact) mass is 278 g/mol. The van der Waals surface area contributed by atoms with Crippen molar-refractivity contribution in [2.75, 3.05) is 6.61 Å². The molecule has 2 heterocycles. The summed E-state index contributed by atoms with van der Waals surface area (Å²) >= 11 is 6.29. The van der Waals surface area contributed by atoms with E-state index in [0.717, 1.165) is 37.3 Å². The second-order valence-electron chi connectivity index (χ2n) is 5.27. The number of nitrogens with zero attached hydrogens (tertiary/aromatic N) is 2. The summed E-state index contributed by atoms with van der Waals surface area (Å²) in [7, 11) is 0. The van der Waals surface area contributed by atoms with Crippen LogP contribution in [0.4, 0.5) is 0 Å². The van der Waals surface area contributed by atoms with E-state index in [0.29, 0.717) is 6.10 Å². The number of alkyl halides is 1. The van der Waals surface area contributed by atoms with E-state index in [-0.39, 0.29) is 5.38 Å². The molecule has 0 amide bonds. The number of para-hydroxylation sites is 1. The molecule has 1 aromatic heterocycles. The number of rotatable bonds is 3. The van der Waals surface area contributed by atoms with Crippen LogP contribution in [-0.2, 0) is 11.3 Å². The van der Waals surface area contributed by atoms with Gasteiger partial charge in [0.05, 0.1) is 29.1 Å². The number of aromatic nitrogens is 2. The molecule has 0 radical (unpaired) electrons. The predicted molar refractivity (Wildman–Crippen MR) is 77.7 cm³/mol. The van der Waals surface area contributed by atoms with Crippen molar-refractivity contribution < 1.29 is 4.74 Å². The second-order valence-corrected chi connectivity index (χ2v) is 5.93. The van der Waals surface area contributed by atoms with Crippen molar-refractivity contribution in [3.05, 3.63) is 29.6 Å². The largest absolute Gasteiger partial charge is 0.376 e. The van der Waals surface area contributed by atoms with Crippen LogP contribution in [0.1, 0.15) is 36.5 Å². The van der Waals surface area contributed by atoms with E-state index in [1.807, 2.05) is 13.0 Å². The quantitative estimate of drug-likeness (QED) is 0.798. The molecule has 1 aliphatic rings. The Hall–Kier alpha value is -1.06. The number of ether oxygens (including phenoxy) is 1. The van der Waals surface area contributed by atoms with Crippen molar-refractivity contribution in [3.63, 3.8) is 0 Å². The molecule has 2 aromatic rings. The predicted octanol–water partition coefficient (Wildman–Crippen LogP) is 3.82. The van der Waals surface area contributed by atoms with Gasteiger partial charge in [0.25, 0.3) is 0 Å². The van der Waals surface area contributed by atoms with Crippen molar-refractivity contribution in [3.8, 4) is 0 Å². The molecule has 3 nitrogen and oxygen atoms in total. The summed E-state index contributed by atoms with van der Waals surface area (Å²) in [5, 5.41) is -0.0896. The summed E-state index contributed by atoms with van der Waals surface area (Å²) in [6.45, 7) is 5.83. The van der Waals surface area contributed by atoms with Gasteiger partial charge < -0.3 is 9.30 Å². The van der Waals surface area contributed by atoms with E-state index in [1.54, 1.807) is 0 Å². The van der Waals surface area contributed by atoms with Crippen LogP contribution in [0.2, 0.25) is 0 Å².